The molecule has 0 aliphatic carbocycles. The van der Waals surface area contributed by atoms with Gasteiger partial charge in [-0.3, -0.25) is 10.00 Å². The Hall–Kier alpha value is -1.92. The highest BCUT2D eigenvalue weighted by Gasteiger charge is 2.25. The van der Waals surface area contributed by atoms with Gasteiger partial charge < -0.3 is 5.32 Å². The van der Waals surface area contributed by atoms with Gasteiger partial charge in [-0.1, -0.05) is 6.58 Å². The first-order valence-electron chi connectivity index (χ1n) is 8.04. The molecule has 0 radical (unpaired) electrons. The third kappa shape index (κ3) is 2.62. The van der Waals surface area contributed by atoms with E-state index in [4.69, 9.17) is 4.99 Å². The zero-order chi connectivity index (χ0) is 16.0. The molecule has 2 aromatic rings. The van der Waals surface area contributed by atoms with Gasteiger partial charge in [0.15, 0.2) is 0 Å². The van der Waals surface area contributed by atoms with Crippen molar-refractivity contribution >= 4 is 28.6 Å². The van der Waals surface area contributed by atoms with Crippen molar-refractivity contribution in [3.05, 3.63) is 29.4 Å². The van der Waals surface area contributed by atoms with E-state index in [0.717, 1.165) is 46.4 Å². The SMILES string of the molecule is C=C1NC(CN2CCC[C@@H]2C)=Nc2cc(-c3cn[nH]c3C)sc21. The molecule has 1 saturated heterocycles. The molecule has 1 atom stereocenters. The molecule has 23 heavy (non-hydrogen) atoms. The number of likely N-dealkylation sites (tertiary alicyclic amines) is 1. The summed E-state index contributed by atoms with van der Waals surface area (Å²) >= 11 is 1.72. The molecule has 5 nitrogen and oxygen atoms in total. The number of aromatic amines is 1. The predicted octanol–water partition coefficient (Wildman–Crippen LogP) is 3.53. The van der Waals surface area contributed by atoms with Crippen molar-refractivity contribution in [2.75, 3.05) is 13.1 Å². The van der Waals surface area contributed by atoms with E-state index in [-0.39, 0.29) is 0 Å². The monoisotopic (exact) mass is 327 g/mol. The summed E-state index contributed by atoms with van der Waals surface area (Å²) in [5.74, 6) is 1.00. The number of nitrogens with one attached hydrogen (secondary N) is 2. The molecule has 1 fully saturated rings. The molecule has 2 aliphatic rings. The number of hydrogen-bond acceptors (Lipinski definition) is 5. The van der Waals surface area contributed by atoms with Crippen LogP contribution in [0.1, 0.15) is 30.3 Å². The van der Waals surface area contributed by atoms with E-state index in [9.17, 15) is 0 Å². The van der Waals surface area contributed by atoms with Crippen molar-refractivity contribution in [2.24, 2.45) is 4.99 Å². The molecule has 2 aromatic heterocycles. The number of fused-ring (bicyclic) bond motifs is 1. The first-order chi connectivity index (χ1) is 11.1. The van der Waals surface area contributed by atoms with Gasteiger partial charge in [0.1, 0.15) is 5.84 Å². The second-order valence-corrected chi connectivity index (χ2v) is 7.41. The molecule has 2 aliphatic heterocycles. The first kappa shape index (κ1) is 14.7. The highest BCUT2D eigenvalue weighted by atomic mass is 32.1. The minimum absolute atomic E-state index is 0.640. The van der Waals surface area contributed by atoms with Crippen molar-refractivity contribution < 1.29 is 0 Å². The average molecular weight is 327 g/mol. The van der Waals surface area contributed by atoms with Gasteiger partial charge in [0.05, 0.1) is 29.0 Å². The predicted molar refractivity (Wildman–Crippen MR) is 96.2 cm³/mol. The zero-order valence-electron chi connectivity index (χ0n) is 13.5. The maximum absolute atomic E-state index is 4.84. The number of hydrogen-bond donors (Lipinski definition) is 2. The maximum Gasteiger partial charge on any atom is 0.121 e. The van der Waals surface area contributed by atoms with Crippen LogP contribution in [0.5, 0.6) is 0 Å². The Morgan fingerprint density at radius 3 is 3.04 bits per heavy atom. The number of nitrogens with zero attached hydrogens (tertiary/aromatic N) is 3. The summed E-state index contributed by atoms with van der Waals surface area (Å²) in [6.07, 6.45) is 4.43. The topological polar surface area (TPSA) is 56.3 Å². The minimum atomic E-state index is 0.640. The fourth-order valence-electron chi connectivity index (χ4n) is 3.31. The van der Waals surface area contributed by atoms with E-state index in [1.54, 1.807) is 11.3 Å². The van der Waals surface area contributed by atoms with Gasteiger partial charge in [-0.25, -0.2) is 4.99 Å². The van der Waals surface area contributed by atoms with Crippen molar-refractivity contribution in [3.63, 3.8) is 0 Å². The third-order valence-corrected chi connectivity index (χ3v) is 5.89. The van der Waals surface area contributed by atoms with Crippen LogP contribution >= 0.6 is 11.3 Å². The summed E-state index contributed by atoms with van der Waals surface area (Å²) in [6.45, 7) is 10.6. The first-order valence-corrected chi connectivity index (χ1v) is 8.85. The molecule has 0 unspecified atom stereocenters. The molecule has 2 N–H and O–H groups in total. The number of aryl methyl sites for hydroxylation is 1. The lowest BCUT2D eigenvalue weighted by Crippen LogP contribution is -2.38. The second-order valence-electron chi connectivity index (χ2n) is 6.36. The van der Waals surface area contributed by atoms with E-state index < -0.39 is 0 Å². The second kappa shape index (κ2) is 5.62. The smallest absolute Gasteiger partial charge is 0.121 e. The number of H-pyrrole nitrogens is 1. The highest BCUT2D eigenvalue weighted by Crippen LogP contribution is 2.41. The fourth-order valence-corrected chi connectivity index (χ4v) is 4.40. The molecule has 120 valence electrons. The lowest BCUT2D eigenvalue weighted by Gasteiger charge is -2.24. The Morgan fingerprint density at radius 2 is 2.35 bits per heavy atom. The number of thiophene rings is 1. The Balaban J connectivity index is 1.64. The van der Waals surface area contributed by atoms with E-state index in [2.05, 4.69) is 40.0 Å². The zero-order valence-corrected chi connectivity index (χ0v) is 14.3. The molecule has 4 rings (SSSR count). The number of aromatic nitrogens is 2. The van der Waals surface area contributed by atoms with E-state index >= 15 is 0 Å². The molecule has 0 saturated carbocycles. The summed E-state index contributed by atoms with van der Waals surface area (Å²) in [5.41, 5.74) is 4.20. The van der Waals surface area contributed by atoms with Crippen LogP contribution in [0.15, 0.2) is 23.8 Å². The molecule has 6 heteroatoms. The molecular weight excluding hydrogens is 306 g/mol. The molecule has 4 heterocycles. The third-order valence-electron chi connectivity index (χ3n) is 4.68. The Bertz CT molecular complexity index is 785. The summed E-state index contributed by atoms with van der Waals surface area (Å²) in [5, 5.41) is 10.5. The van der Waals surface area contributed by atoms with Gasteiger partial charge in [0.2, 0.25) is 0 Å². The number of rotatable bonds is 3. The Labute approximate surface area is 140 Å². The van der Waals surface area contributed by atoms with E-state index in [1.807, 2.05) is 13.1 Å². The number of aliphatic imine (C=N–C) groups is 1. The summed E-state index contributed by atoms with van der Waals surface area (Å²) in [6, 6.07) is 2.79. The average Bonchev–Trinajstić information content (AvgIpc) is 3.20. The van der Waals surface area contributed by atoms with Crippen LogP contribution in [-0.2, 0) is 0 Å². The summed E-state index contributed by atoms with van der Waals surface area (Å²) in [7, 11) is 0. The van der Waals surface area contributed by atoms with Crippen LogP contribution in [0.4, 0.5) is 5.69 Å². The van der Waals surface area contributed by atoms with Crippen LogP contribution in [0, 0.1) is 6.92 Å². The van der Waals surface area contributed by atoms with Gasteiger partial charge in [0, 0.05) is 22.2 Å². The van der Waals surface area contributed by atoms with Crippen LogP contribution in [0.3, 0.4) is 0 Å². The van der Waals surface area contributed by atoms with Crippen molar-refractivity contribution in [3.8, 4) is 10.4 Å². The normalized spacial score (nSPS) is 21.2. The van der Waals surface area contributed by atoms with Gasteiger partial charge >= 0.3 is 0 Å². The van der Waals surface area contributed by atoms with Gasteiger partial charge in [-0.2, -0.15) is 5.10 Å². The lowest BCUT2D eigenvalue weighted by atomic mass is 10.2. The Morgan fingerprint density at radius 1 is 1.48 bits per heavy atom. The highest BCUT2D eigenvalue weighted by molar-refractivity contribution is 7.17. The molecule has 0 spiro atoms. The van der Waals surface area contributed by atoms with Crippen LogP contribution in [-0.4, -0.2) is 40.1 Å². The van der Waals surface area contributed by atoms with E-state index in [0.29, 0.717) is 6.04 Å². The van der Waals surface area contributed by atoms with Gasteiger partial charge in [-0.05, 0) is 39.3 Å². The molecule has 0 aromatic carbocycles. The minimum Gasteiger partial charge on any atom is -0.342 e. The van der Waals surface area contributed by atoms with Crippen LogP contribution < -0.4 is 5.32 Å². The summed E-state index contributed by atoms with van der Waals surface area (Å²) in [4.78, 5) is 9.63. The van der Waals surface area contributed by atoms with Gasteiger partial charge in [-0.15, -0.1) is 11.3 Å². The van der Waals surface area contributed by atoms with Gasteiger partial charge in [0.25, 0.3) is 0 Å². The molecular formula is C17H21N5S. The summed E-state index contributed by atoms with van der Waals surface area (Å²) < 4.78 is 0. The van der Waals surface area contributed by atoms with Crippen LogP contribution in [0.25, 0.3) is 16.1 Å². The lowest BCUT2D eigenvalue weighted by molar-refractivity contribution is 0.305. The van der Waals surface area contributed by atoms with Crippen molar-refractivity contribution in [1.29, 1.82) is 0 Å². The maximum atomic E-state index is 4.84. The largest absolute Gasteiger partial charge is 0.342 e. The molecule has 0 amide bonds. The standard InChI is InChI=1S/C17H21N5S/c1-10-5-4-6-22(10)9-16-19-12(3)17-14(20-16)7-15(23-17)13-8-18-21-11(13)2/h7-8,10H,3-6,9H2,1-2H3,(H,18,21)(H,19,20)/t10-/m0/s1. The quantitative estimate of drug-likeness (QED) is 0.906. The van der Waals surface area contributed by atoms with Crippen molar-refractivity contribution in [2.45, 2.75) is 32.7 Å². The molecule has 0 bridgehead atoms. The Kier molecular flexibility index (Phi) is 3.58. The van der Waals surface area contributed by atoms with Crippen molar-refractivity contribution in [1.82, 2.24) is 20.4 Å². The fraction of sp³-hybridized carbons (Fsp3) is 0.412. The van der Waals surface area contributed by atoms with Crippen LogP contribution in [0.2, 0.25) is 0 Å². The van der Waals surface area contributed by atoms with E-state index in [1.165, 1.54) is 17.7 Å². The number of amidine groups is 1.